The van der Waals surface area contributed by atoms with Crippen LogP contribution in [-0.2, 0) is 17.9 Å². The minimum Gasteiger partial charge on any atom is -0.478 e. The van der Waals surface area contributed by atoms with Crippen molar-refractivity contribution < 1.29 is 9.90 Å². The van der Waals surface area contributed by atoms with Crippen molar-refractivity contribution in [3.05, 3.63) is 102 Å². The van der Waals surface area contributed by atoms with Crippen molar-refractivity contribution in [3.8, 4) is 0 Å². The largest absolute Gasteiger partial charge is 0.478 e. The van der Waals surface area contributed by atoms with Gasteiger partial charge in [0.25, 0.3) is 0 Å². The van der Waals surface area contributed by atoms with E-state index in [1.54, 1.807) is 12.1 Å². The van der Waals surface area contributed by atoms with Crippen molar-refractivity contribution in [2.24, 2.45) is 0 Å². The number of rotatable bonds is 7. The van der Waals surface area contributed by atoms with Crippen LogP contribution < -0.4 is 10.6 Å². The first kappa shape index (κ1) is 18.3. The highest BCUT2D eigenvalue weighted by Crippen LogP contribution is 2.30. The number of nitrogens with zero attached hydrogens (tertiary/aromatic N) is 1. The second-order valence-electron chi connectivity index (χ2n) is 6.28. The van der Waals surface area contributed by atoms with E-state index in [4.69, 9.17) is 10.8 Å². The van der Waals surface area contributed by atoms with E-state index in [1.807, 2.05) is 48.5 Å². The van der Waals surface area contributed by atoms with Crippen molar-refractivity contribution in [1.82, 2.24) is 0 Å². The lowest BCUT2D eigenvalue weighted by molar-refractivity contribution is -0.131. The quantitative estimate of drug-likeness (QED) is 0.479. The van der Waals surface area contributed by atoms with Gasteiger partial charge in [0.15, 0.2) is 0 Å². The Labute approximate surface area is 159 Å². The summed E-state index contributed by atoms with van der Waals surface area (Å²) in [6.45, 7) is 1.38. The second kappa shape index (κ2) is 8.72. The summed E-state index contributed by atoms with van der Waals surface area (Å²) in [4.78, 5) is 13.2. The number of hydrogen-bond acceptors (Lipinski definition) is 3. The number of aliphatic carboxylic acids is 1. The van der Waals surface area contributed by atoms with Gasteiger partial charge in [-0.1, -0.05) is 66.7 Å². The SMILES string of the molecule is Nc1cccc(N(Cc2ccccc2)Cc2ccccc2)c1C=CC(=O)O. The number of hydrogen-bond donors (Lipinski definition) is 2. The van der Waals surface area contributed by atoms with Gasteiger partial charge in [0.05, 0.1) is 0 Å². The van der Waals surface area contributed by atoms with Crippen molar-refractivity contribution in [1.29, 1.82) is 0 Å². The van der Waals surface area contributed by atoms with Crippen LogP contribution in [0.4, 0.5) is 11.4 Å². The maximum Gasteiger partial charge on any atom is 0.328 e. The summed E-state index contributed by atoms with van der Waals surface area (Å²) in [6.07, 6.45) is 2.69. The monoisotopic (exact) mass is 358 g/mol. The summed E-state index contributed by atoms with van der Waals surface area (Å²) >= 11 is 0. The van der Waals surface area contributed by atoms with Gasteiger partial charge in [-0.2, -0.15) is 0 Å². The highest BCUT2D eigenvalue weighted by atomic mass is 16.4. The number of carbonyl (C=O) groups is 1. The zero-order valence-electron chi connectivity index (χ0n) is 15.0. The first-order chi connectivity index (χ1) is 13.1. The zero-order chi connectivity index (χ0) is 19.1. The number of benzene rings is 3. The van der Waals surface area contributed by atoms with Gasteiger partial charge in [-0.25, -0.2) is 4.79 Å². The summed E-state index contributed by atoms with van der Waals surface area (Å²) in [6, 6.07) is 26.0. The van der Waals surface area contributed by atoms with Crippen LogP contribution in [-0.4, -0.2) is 11.1 Å². The molecule has 4 heteroatoms. The van der Waals surface area contributed by atoms with Crippen molar-refractivity contribution in [3.63, 3.8) is 0 Å². The maximum atomic E-state index is 11.0. The fraction of sp³-hybridized carbons (Fsp3) is 0.0870. The number of carboxylic acids is 1. The Balaban J connectivity index is 2.02. The Morgan fingerprint density at radius 1 is 0.852 bits per heavy atom. The molecule has 0 aliphatic heterocycles. The third-order valence-corrected chi connectivity index (χ3v) is 4.28. The maximum absolute atomic E-state index is 11.0. The molecule has 0 unspecified atom stereocenters. The van der Waals surface area contributed by atoms with Crippen LogP contribution in [0.25, 0.3) is 6.08 Å². The molecule has 0 atom stereocenters. The lowest BCUT2D eigenvalue weighted by atomic mass is 10.1. The molecular weight excluding hydrogens is 336 g/mol. The summed E-state index contributed by atoms with van der Waals surface area (Å²) < 4.78 is 0. The van der Waals surface area contributed by atoms with Crippen LogP contribution in [0.2, 0.25) is 0 Å². The minimum atomic E-state index is -0.998. The van der Waals surface area contributed by atoms with Crippen LogP contribution in [0, 0.1) is 0 Å². The number of anilines is 2. The average molecular weight is 358 g/mol. The van der Waals surface area contributed by atoms with Gasteiger partial charge >= 0.3 is 5.97 Å². The van der Waals surface area contributed by atoms with Crippen LogP contribution in [0.5, 0.6) is 0 Å². The summed E-state index contributed by atoms with van der Waals surface area (Å²) in [5, 5.41) is 9.02. The first-order valence-electron chi connectivity index (χ1n) is 8.76. The van der Waals surface area contributed by atoms with E-state index in [-0.39, 0.29) is 0 Å². The van der Waals surface area contributed by atoms with Gasteiger partial charge in [0.1, 0.15) is 0 Å². The highest BCUT2D eigenvalue weighted by molar-refractivity contribution is 5.89. The summed E-state index contributed by atoms with van der Waals surface area (Å²) in [7, 11) is 0. The Morgan fingerprint density at radius 3 is 1.93 bits per heavy atom. The third kappa shape index (κ3) is 4.98. The molecule has 0 saturated heterocycles. The molecular formula is C23H22N2O2. The molecule has 3 rings (SSSR count). The van der Waals surface area contributed by atoms with Crippen LogP contribution in [0.3, 0.4) is 0 Å². The minimum absolute atomic E-state index is 0.552. The topological polar surface area (TPSA) is 66.6 Å². The van der Waals surface area contributed by atoms with Gasteiger partial charge in [0, 0.05) is 36.1 Å². The third-order valence-electron chi connectivity index (χ3n) is 4.28. The second-order valence-corrected chi connectivity index (χ2v) is 6.28. The summed E-state index contributed by atoms with van der Waals surface area (Å²) in [5.74, 6) is -0.998. The van der Waals surface area contributed by atoms with E-state index in [2.05, 4.69) is 29.2 Å². The van der Waals surface area contributed by atoms with Gasteiger partial charge in [0.2, 0.25) is 0 Å². The number of nitrogens with two attached hydrogens (primary N) is 1. The van der Waals surface area contributed by atoms with Crippen LogP contribution in [0.15, 0.2) is 84.9 Å². The Kier molecular flexibility index (Phi) is 5.90. The highest BCUT2D eigenvalue weighted by Gasteiger charge is 2.14. The van der Waals surface area contributed by atoms with Crippen molar-refractivity contribution in [2.45, 2.75) is 13.1 Å². The van der Waals surface area contributed by atoms with E-state index in [0.29, 0.717) is 24.3 Å². The molecule has 0 spiro atoms. The molecule has 0 aliphatic carbocycles. The fourth-order valence-electron chi connectivity index (χ4n) is 3.02. The molecule has 0 aliphatic rings. The molecule has 3 N–H and O–H groups in total. The van der Waals surface area contributed by atoms with Gasteiger partial charge in [-0.05, 0) is 29.3 Å². The average Bonchev–Trinajstić information content (AvgIpc) is 2.68. The molecule has 0 heterocycles. The molecule has 0 bridgehead atoms. The molecule has 0 fully saturated rings. The zero-order valence-corrected chi connectivity index (χ0v) is 15.0. The molecule has 0 radical (unpaired) electrons. The molecule has 0 saturated carbocycles. The van der Waals surface area contributed by atoms with Crippen LogP contribution in [0.1, 0.15) is 16.7 Å². The van der Waals surface area contributed by atoms with Gasteiger partial charge < -0.3 is 15.7 Å². The van der Waals surface area contributed by atoms with Crippen molar-refractivity contribution >= 4 is 23.4 Å². The molecule has 3 aromatic rings. The fourth-order valence-corrected chi connectivity index (χ4v) is 3.02. The van der Waals surface area contributed by atoms with Crippen molar-refractivity contribution in [2.75, 3.05) is 10.6 Å². The Morgan fingerprint density at radius 2 is 1.41 bits per heavy atom. The normalized spacial score (nSPS) is 10.8. The molecule has 0 amide bonds. The predicted molar refractivity (Wildman–Crippen MR) is 110 cm³/mol. The van der Waals surface area contributed by atoms with E-state index < -0.39 is 5.97 Å². The van der Waals surface area contributed by atoms with Gasteiger partial charge in [-0.15, -0.1) is 0 Å². The standard InChI is InChI=1S/C23H22N2O2/c24-21-12-7-13-22(20(21)14-15-23(26)27)25(16-18-8-3-1-4-9-18)17-19-10-5-2-6-11-19/h1-15H,16-17,24H2,(H,26,27). The molecule has 27 heavy (non-hydrogen) atoms. The molecule has 136 valence electrons. The lowest BCUT2D eigenvalue weighted by Crippen LogP contribution is -2.23. The van der Waals surface area contributed by atoms with Crippen LogP contribution >= 0.6 is 0 Å². The molecule has 3 aromatic carbocycles. The van der Waals surface area contributed by atoms with E-state index in [1.165, 1.54) is 11.1 Å². The number of carboxylic acid groups (broad SMARTS) is 1. The number of nitrogen functional groups attached to an aromatic ring is 1. The first-order valence-corrected chi connectivity index (χ1v) is 8.76. The van der Waals surface area contributed by atoms with Gasteiger partial charge in [-0.3, -0.25) is 0 Å². The lowest BCUT2D eigenvalue weighted by Gasteiger charge is -2.27. The Bertz CT molecular complexity index is 880. The molecule has 4 nitrogen and oxygen atoms in total. The summed E-state index contributed by atoms with van der Waals surface area (Å²) in [5.41, 5.74) is 10.7. The van der Waals surface area contributed by atoms with E-state index in [9.17, 15) is 4.79 Å². The van der Waals surface area contributed by atoms with E-state index in [0.717, 1.165) is 11.8 Å². The van der Waals surface area contributed by atoms with E-state index >= 15 is 0 Å². The Hall–Kier alpha value is -3.53. The predicted octanol–water partition coefficient (Wildman–Crippen LogP) is 4.57. The molecule has 0 aromatic heterocycles. The smallest absolute Gasteiger partial charge is 0.328 e.